The minimum Gasteiger partial charge on any atom is -0.330 e. The van der Waals surface area contributed by atoms with Gasteiger partial charge in [0.25, 0.3) is 0 Å². The van der Waals surface area contributed by atoms with Crippen molar-refractivity contribution in [3.63, 3.8) is 0 Å². The summed E-state index contributed by atoms with van der Waals surface area (Å²) in [4.78, 5) is 21.0. The maximum Gasteiger partial charge on any atom is 0.344 e. The van der Waals surface area contributed by atoms with Crippen LogP contribution in [0.2, 0.25) is 0 Å². The van der Waals surface area contributed by atoms with Crippen molar-refractivity contribution in [3.05, 3.63) is 70.4 Å². The molecule has 0 radical (unpaired) electrons. The maximum atomic E-state index is 12.3. The molecule has 4 aromatic rings. The lowest BCUT2D eigenvalue weighted by Crippen LogP contribution is -2.28. The summed E-state index contributed by atoms with van der Waals surface area (Å²) in [5.41, 5.74) is 3.44. The fourth-order valence-electron chi connectivity index (χ4n) is 2.47. The van der Waals surface area contributed by atoms with Gasteiger partial charge in [0.2, 0.25) is 0 Å². The molecule has 0 saturated carbocycles. The lowest BCUT2D eigenvalue weighted by molar-refractivity contribution is 0.239. The average molecular weight is 350 g/mol. The van der Waals surface area contributed by atoms with Crippen molar-refractivity contribution >= 4 is 28.4 Å². The molecule has 0 bridgehead atoms. The molecule has 1 N–H and O–H groups in total. The predicted molar refractivity (Wildman–Crippen MR) is 94.3 cm³/mol. The Morgan fingerprint density at radius 1 is 1.20 bits per heavy atom. The van der Waals surface area contributed by atoms with E-state index in [9.17, 15) is 4.79 Å². The second-order valence-corrected chi connectivity index (χ2v) is 6.36. The molecule has 0 saturated heterocycles. The van der Waals surface area contributed by atoms with E-state index >= 15 is 0 Å². The second kappa shape index (κ2) is 6.78. The van der Waals surface area contributed by atoms with Crippen molar-refractivity contribution in [1.29, 1.82) is 0 Å². The molecule has 0 spiro atoms. The number of hydrogen-bond acceptors (Lipinski definition) is 6. The number of para-hydroxylation sites is 1. The van der Waals surface area contributed by atoms with Gasteiger partial charge in [-0.25, -0.2) is 9.78 Å². The van der Waals surface area contributed by atoms with Crippen molar-refractivity contribution in [1.82, 2.24) is 30.3 Å². The minimum absolute atomic E-state index is 0.322. The molecule has 25 heavy (non-hydrogen) atoms. The van der Waals surface area contributed by atoms with E-state index in [1.165, 1.54) is 16.0 Å². The lowest BCUT2D eigenvalue weighted by atomic mass is 10.2. The first-order valence-electron chi connectivity index (χ1n) is 7.70. The van der Waals surface area contributed by atoms with Crippen LogP contribution in [0.5, 0.6) is 0 Å². The van der Waals surface area contributed by atoms with Gasteiger partial charge in [-0.1, -0.05) is 23.4 Å². The fraction of sp³-hybridized carbons (Fsp3) is 0.118. The molecule has 4 rings (SSSR count). The number of hydrogen-bond donors (Lipinski definition) is 1. The summed E-state index contributed by atoms with van der Waals surface area (Å²) in [6.07, 6.45) is 4.31. The van der Waals surface area contributed by atoms with E-state index in [4.69, 9.17) is 0 Å². The molecule has 3 aromatic heterocycles. The zero-order valence-corrected chi connectivity index (χ0v) is 14.0. The number of nitrogens with zero attached hydrogens (tertiary/aromatic N) is 5. The van der Waals surface area contributed by atoms with E-state index in [2.05, 4.69) is 25.6 Å². The first kappa shape index (κ1) is 15.4. The summed E-state index contributed by atoms with van der Waals surface area (Å²) < 4.78 is 1.26. The largest absolute Gasteiger partial charge is 0.344 e. The summed E-state index contributed by atoms with van der Waals surface area (Å²) in [5, 5.41) is 13.5. The Bertz CT molecular complexity index is 1010. The standard InChI is InChI=1S/C17H14N6OS/c24-17(23-15-6-2-1-5-14(15)21-22-23)19-10-16-20-13(11-25-16)8-12-4-3-7-18-9-12/h1-7,9,11H,8,10H2,(H,19,24). The molecular weight excluding hydrogens is 336 g/mol. The minimum atomic E-state index is -0.322. The quantitative estimate of drug-likeness (QED) is 0.611. The first-order chi connectivity index (χ1) is 12.3. The molecule has 0 fully saturated rings. The van der Waals surface area contributed by atoms with E-state index < -0.39 is 0 Å². The van der Waals surface area contributed by atoms with Crippen molar-refractivity contribution in [3.8, 4) is 0 Å². The molecule has 1 aromatic carbocycles. The maximum absolute atomic E-state index is 12.3. The third kappa shape index (κ3) is 3.38. The number of rotatable bonds is 4. The van der Waals surface area contributed by atoms with E-state index in [0.717, 1.165) is 22.7 Å². The Balaban J connectivity index is 1.41. The summed E-state index contributed by atoms with van der Waals surface area (Å²) in [6.45, 7) is 0.352. The van der Waals surface area contributed by atoms with Gasteiger partial charge >= 0.3 is 6.03 Å². The van der Waals surface area contributed by atoms with Gasteiger partial charge in [-0.15, -0.1) is 16.4 Å². The van der Waals surface area contributed by atoms with E-state index in [1.54, 1.807) is 6.20 Å². The number of carbonyl (C=O) groups excluding carboxylic acids is 1. The van der Waals surface area contributed by atoms with Crippen LogP contribution in [0.15, 0.2) is 54.2 Å². The van der Waals surface area contributed by atoms with Crippen molar-refractivity contribution in [2.45, 2.75) is 13.0 Å². The summed E-state index contributed by atoms with van der Waals surface area (Å²) >= 11 is 1.52. The molecule has 7 nitrogen and oxygen atoms in total. The van der Waals surface area contributed by atoms with Gasteiger partial charge in [-0.05, 0) is 23.8 Å². The monoisotopic (exact) mass is 350 g/mol. The number of pyridine rings is 1. The topological polar surface area (TPSA) is 85.6 Å². The molecule has 8 heteroatoms. The van der Waals surface area contributed by atoms with Gasteiger partial charge in [-0.3, -0.25) is 4.98 Å². The highest BCUT2D eigenvalue weighted by Crippen LogP contribution is 2.14. The Hall–Kier alpha value is -3.13. The van der Waals surface area contributed by atoms with Crippen LogP contribution in [0.25, 0.3) is 11.0 Å². The van der Waals surface area contributed by atoms with Crippen molar-refractivity contribution < 1.29 is 4.79 Å². The Morgan fingerprint density at radius 3 is 3.00 bits per heavy atom. The predicted octanol–water partition coefficient (Wildman–Crippen LogP) is 2.63. The number of benzene rings is 1. The number of carbonyl (C=O) groups is 1. The summed E-state index contributed by atoms with van der Waals surface area (Å²) in [5.74, 6) is 0. The normalized spacial score (nSPS) is 10.9. The first-order valence-corrected chi connectivity index (χ1v) is 8.58. The van der Waals surface area contributed by atoms with Gasteiger partial charge in [0.05, 0.1) is 17.8 Å². The van der Waals surface area contributed by atoms with Crippen LogP contribution >= 0.6 is 11.3 Å². The zero-order chi connectivity index (χ0) is 17.1. The smallest absolute Gasteiger partial charge is 0.330 e. The number of aromatic nitrogens is 5. The van der Waals surface area contributed by atoms with Crippen molar-refractivity contribution in [2.75, 3.05) is 0 Å². The molecule has 0 aliphatic carbocycles. The molecule has 0 atom stereocenters. The Morgan fingerprint density at radius 2 is 2.12 bits per heavy atom. The van der Waals surface area contributed by atoms with Crippen LogP contribution in [-0.4, -0.2) is 31.0 Å². The van der Waals surface area contributed by atoms with Gasteiger partial charge in [0.15, 0.2) is 0 Å². The number of amides is 1. The summed E-state index contributed by atoms with van der Waals surface area (Å²) in [7, 11) is 0. The van der Waals surface area contributed by atoms with Gasteiger partial charge < -0.3 is 5.32 Å². The molecule has 3 heterocycles. The molecular formula is C17H14N6OS. The lowest BCUT2D eigenvalue weighted by Gasteiger charge is -2.02. The highest BCUT2D eigenvalue weighted by Gasteiger charge is 2.12. The number of nitrogens with one attached hydrogen (secondary N) is 1. The number of fused-ring (bicyclic) bond motifs is 1. The third-order valence-electron chi connectivity index (χ3n) is 3.64. The third-order valence-corrected chi connectivity index (χ3v) is 4.54. The Labute approximate surface area is 147 Å². The molecule has 0 aliphatic heterocycles. The van der Waals surface area contributed by atoms with Crippen LogP contribution in [0.1, 0.15) is 16.3 Å². The highest BCUT2D eigenvalue weighted by atomic mass is 32.1. The summed E-state index contributed by atoms with van der Waals surface area (Å²) in [6, 6.07) is 10.9. The highest BCUT2D eigenvalue weighted by molar-refractivity contribution is 7.09. The van der Waals surface area contributed by atoms with Gasteiger partial charge in [-0.2, -0.15) is 4.68 Å². The van der Waals surface area contributed by atoms with Crippen molar-refractivity contribution in [2.24, 2.45) is 0 Å². The fourth-order valence-corrected chi connectivity index (χ4v) is 3.20. The van der Waals surface area contributed by atoms with Gasteiger partial charge in [0.1, 0.15) is 10.5 Å². The van der Waals surface area contributed by atoms with Crippen LogP contribution in [0, 0.1) is 0 Å². The molecule has 124 valence electrons. The van der Waals surface area contributed by atoms with E-state index in [-0.39, 0.29) is 6.03 Å². The second-order valence-electron chi connectivity index (χ2n) is 5.42. The van der Waals surface area contributed by atoms with Gasteiger partial charge in [0, 0.05) is 24.2 Å². The van der Waals surface area contributed by atoms with E-state index in [1.807, 2.05) is 48.0 Å². The molecule has 1 amide bonds. The average Bonchev–Trinajstić information content (AvgIpc) is 3.27. The van der Waals surface area contributed by atoms with Crippen LogP contribution < -0.4 is 5.32 Å². The zero-order valence-electron chi connectivity index (χ0n) is 13.2. The van der Waals surface area contributed by atoms with E-state index in [0.29, 0.717) is 17.6 Å². The molecule has 0 unspecified atom stereocenters. The Kier molecular flexibility index (Phi) is 4.17. The number of thiazole rings is 1. The van der Waals surface area contributed by atoms with Crippen LogP contribution in [0.3, 0.4) is 0 Å². The molecule has 0 aliphatic rings. The van der Waals surface area contributed by atoms with Crippen LogP contribution in [0.4, 0.5) is 4.79 Å². The SMILES string of the molecule is O=C(NCc1nc(Cc2cccnc2)cs1)n1nnc2ccccc21. The van der Waals surface area contributed by atoms with Crippen LogP contribution in [-0.2, 0) is 13.0 Å².